The number of benzene rings is 2. The van der Waals surface area contributed by atoms with E-state index in [1.807, 2.05) is 0 Å². The van der Waals surface area contributed by atoms with Gasteiger partial charge in [0.25, 0.3) is 5.91 Å². The van der Waals surface area contributed by atoms with Gasteiger partial charge in [-0.3, -0.25) is 20.3 Å². The molecule has 0 atom stereocenters. The quantitative estimate of drug-likeness (QED) is 0.222. The molecule has 1 aliphatic rings. The van der Waals surface area contributed by atoms with E-state index in [-0.39, 0.29) is 33.8 Å². The van der Waals surface area contributed by atoms with E-state index in [0.29, 0.717) is 4.68 Å². The first-order valence-corrected chi connectivity index (χ1v) is 10.9. The molecule has 8 nitrogen and oxygen atoms in total. The van der Waals surface area contributed by atoms with Gasteiger partial charge in [0.2, 0.25) is 0 Å². The minimum absolute atomic E-state index is 0.0252. The zero-order valence-corrected chi connectivity index (χ0v) is 18.8. The summed E-state index contributed by atoms with van der Waals surface area (Å²) in [6.07, 6.45) is 2.93. The number of aromatic nitrogens is 4. The zero-order chi connectivity index (χ0) is 25.8. The standard InChI is InChI=1S/C24H19F4N7O/c1-34-11-15-19(32-34)7-6-16(21(15)26)24(27,28)23(30)35-20(29)9-8-18(33-35)12-2-5-14(17(25)10-12)22(36)31-13-3-4-13/h2,5-11,13,29-30H,3-4H2,1H3,(H,31,36). The van der Waals surface area contributed by atoms with Crippen LogP contribution >= 0.6 is 0 Å². The number of carbonyl (C=O) groups excluding carboxylic acids is 1. The number of hydrogen-bond acceptors (Lipinski definition) is 5. The van der Waals surface area contributed by atoms with E-state index in [4.69, 9.17) is 10.8 Å². The number of hydrogen-bond donors (Lipinski definition) is 3. The predicted octanol–water partition coefficient (Wildman–Crippen LogP) is 3.70. The smallest absolute Gasteiger partial charge is 0.334 e. The topological polar surface area (TPSA) is 112 Å². The predicted molar refractivity (Wildman–Crippen MR) is 122 cm³/mol. The Balaban J connectivity index is 1.49. The highest BCUT2D eigenvalue weighted by molar-refractivity contribution is 5.95. The normalized spacial score (nSPS) is 13.7. The van der Waals surface area contributed by atoms with Gasteiger partial charge in [-0.05, 0) is 49.2 Å². The third-order valence-electron chi connectivity index (χ3n) is 5.84. The van der Waals surface area contributed by atoms with Crippen LogP contribution in [0.2, 0.25) is 0 Å². The van der Waals surface area contributed by atoms with Crippen molar-refractivity contribution in [1.29, 1.82) is 10.8 Å². The van der Waals surface area contributed by atoms with Crippen molar-refractivity contribution in [3.8, 4) is 11.3 Å². The van der Waals surface area contributed by atoms with Crippen LogP contribution in [-0.2, 0) is 13.0 Å². The lowest BCUT2D eigenvalue weighted by atomic mass is 10.0. The minimum atomic E-state index is -4.16. The summed E-state index contributed by atoms with van der Waals surface area (Å²) in [6, 6.07) is 8.17. The third-order valence-corrected chi connectivity index (χ3v) is 5.84. The molecule has 0 saturated heterocycles. The second-order valence-corrected chi connectivity index (χ2v) is 8.54. The molecule has 3 N–H and O–H groups in total. The molecule has 0 spiro atoms. The number of carbonyl (C=O) groups is 1. The first-order valence-electron chi connectivity index (χ1n) is 10.9. The number of alkyl halides is 2. The van der Waals surface area contributed by atoms with Gasteiger partial charge in [0.15, 0.2) is 5.84 Å². The Morgan fingerprint density at radius 3 is 2.56 bits per heavy atom. The number of fused-ring (bicyclic) bond motifs is 1. The molecule has 2 heterocycles. The van der Waals surface area contributed by atoms with Crippen LogP contribution in [0, 0.1) is 22.5 Å². The van der Waals surface area contributed by atoms with Gasteiger partial charge in [-0.15, -0.1) is 0 Å². The fourth-order valence-corrected chi connectivity index (χ4v) is 3.78. The third kappa shape index (κ3) is 4.04. The zero-order valence-electron chi connectivity index (χ0n) is 18.8. The van der Waals surface area contributed by atoms with Crippen molar-refractivity contribution in [2.75, 3.05) is 0 Å². The largest absolute Gasteiger partial charge is 0.349 e. The summed E-state index contributed by atoms with van der Waals surface area (Å²) >= 11 is 0. The van der Waals surface area contributed by atoms with Gasteiger partial charge >= 0.3 is 5.92 Å². The van der Waals surface area contributed by atoms with Gasteiger partial charge in [-0.1, -0.05) is 6.07 Å². The van der Waals surface area contributed by atoms with E-state index in [1.165, 1.54) is 42.2 Å². The van der Waals surface area contributed by atoms with Gasteiger partial charge in [0.1, 0.15) is 17.1 Å². The van der Waals surface area contributed by atoms with E-state index < -0.39 is 40.4 Å². The number of nitrogens with zero attached hydrogens (tertiary/aromatic N) is 4. The first-order chi connectivity index (χ1) is 17.1. The second-order valence-electron chi connectivity index (χ2n) is 8.54. The Bertz CT molecular complexity index is 1600. The lowest BCUT2D eigenvalue weighted by Gasteiger charge is -2.20. The number of amides is 1. The van der Waals surface area contributed by atoms with E-state index >= 15 is 8.78 Å². The van der Waals surface area contributed by atoms with Crippen LogP contribution in [0.1, 0.15) is 28.8 Å². The van der Waals surface area contributed by atoms with Crippen LogP contribution in [0.5, 0.6) is 0 Å². The second kappa shape index (κ2) is 8.40. The molecule has 1 amide bonds. The van der Waals surface area contributed by atoms with Crippen LogP contribution < -0.4 is 10.8 Å². The molecular formula is C24H19F4N7O. The van der Waals surface area contributed by atoms with Crippen molar-refractivity contribution in [2.45, 2.75) is 24.8 Å². The maximum atomic E-state index is 15.3. The summed E-state index contributed by atoms with van der Waals surface area (Å²) in [5.41, 5.74) is -1.51. The fraction of sp³-hybridized carbons (Fsp3) is 0.208. The van der Waals surface area contributed by atoms with Gasteiger partial charge in [0.05, 0.1) is 27.7 Å². The van der Waals surface area contributed by atoms with Crippen LogP contribution in [0.4, 0.5) is 17.6 Å². The molecule has 2 aromatic carbocycles. The highest BCUT2D eigenvalue weighted by Crippen LogP contribution is 2.34. The Hall–Kier alpha value is -4.35. The number of nitrogens with one attached hydrogen (secondary N) is 3. The van der Waals surface area contributed by atoms with E-state index in [0.717, 1.165) is 31.0 Å². The lowest BCUT2D eigenvalue weighted by Crippen LogP contribution is -2.40. The van der Waals surface area contributed by atoms with Crippen molar-refractivity contribution < 1.29 is 22.4 Å². The molecule has 4 aromatic rings. The molecular weight excluding hydrogens is 478 g/mol. The van der Waals surface area contributed by atoms with Crippen molar-refractivity contribution in [2.24, 2.45) is 7.05 Å². The number of aryl methyl sites for hydroxylation is 1. The molecule has 12 heteroatoms. The van der Waals surface area contributed by atoms with Gasteiger partial charge in [0, 0.05) is 24.8 Å². The molecule has 0 aliphatic heterocycles. The Morgan fingerprint density at radius 1 is 1.11 bits per heavy atom. The minimum Gasteiger partial charge on any atom is -0.349 e. The Morgan fingerprint density at radius 2 is 1.86 bits per heavy atom. The molecule has 184 valence electrons. The highest BCUT2D eigenvalue weighted by atomic mass is 19.3. The molecule has 1 fully saturated rings. The average molecular weight is 497 g/mol. The van der Waals surface area contributed by atoms with E-state index in [2.05, 4.69) is 15.5 Å². The van der Waals surface area contributed by atoms with Crippen molar-refractivity contribution >= 4 is 22.6 Å². The van der Waals surface area contributed by atoms with Crippen LogP contribution in [0.3, 0.4) is 0 Å². The molecule has 36 heavy (non-hydrogen) atoms. The van der Waals surface area contributed by atoms with E-state index in [9.17, 15) is 13.6 Å². The molecule has 2 aromatic heterocycles. The van der Waals surface area contributed by atoms with Crippen LogP contribution in [0.15, 0.2) is 48.7 Å². The molecule has 0 unspecified atom stereocenters. The highest BCUT2D eigenvalue weighted by Gasteiger charge is 2.42. The molecule has 1 saturated carbocycles. The van der Waals surface area contributed by atoms with Crippen molar-refractivity contribution in [3.63, 3.8) is 0 Å². The van der Waals surface area contributed by atoms with Crippen molar-refractivity contribution in [1.82, 2.24) is 24.9 Å². The van der Waals surface area contributed by atoms with Gasteiger partial charge in [-0.2, -0.15) is 23.7 Å². The number of rotatable bonds is 5. The molecule has 5 rings (SSSR count). The number of halogens is 4. The fourth-order valence-electron chi connectivity index (χ4n) is 3.78. The average Bonchev–Trinajstić information content (AvgIpc) is 3.56. The summed E-state index contributed by atoms with van der Waals surface area (Å²) < 4.78 is 61.9. The van der Waals surface area contributed by atoms with Crippen LogP contribution in [-0.4, -0.2) is 37.3 Å². The summed E-state index contributed by atoms with van der Waals surface area (Å²) in [6.45, 7) is 0. The Labute approximate surface area is 201 Å². The molecule has 1 aliphatic carbocycles. The maximum absolute atomic E-state index is 15.3. The Kier molecular flexibility index (Phi) is 5.46. The summed E-state index contributed by atoms with van der Waals surface area (Å²) in [5, 5.41) is 26.5. The summed E-state index contributed by atoms with van der Waals surface area (Å²) in [4.78, 5) is 12.2. The lowest BCUT2D eigenvalue weighted by molar-refractivity contribution is 0.0657. The monoisotopic (exact) mass is 497 g/mol. The van der Waals surface area contributed by atoms with Gasteiger partial charge < -0.3 is 5.32 Å². The SMILES string of the molecule is Cn1cc2c(F)c(C(F)(F)C(=N)n3nc(-c4ccc(C(=O)NC5CC5)c(F)c4)ccc3=N)ccc2n1. The summed E-state index contributed by atoms with van der Waals surface area (Å²) in [7, 11) is 1.52. The van der Waals surface area contributed by atoms with E-state index in [1.54, 1.807) is 0 Å². The first kappa shape index (κ1) is 23.4. The van der Waals surface area contributed by atoms with Crippen molar-refractivity contribution in [3.05, 3.63) is 76.9 Å². The van der Waals surface area contributed by atoms with Crippen LogP contribution in [0.25, 0.3) is 22.2 Å². The summed E-state index contributed by atoms with van der Waals surface area (Å²) in [5.74, 6) is -8.24. The van der Waals surface area contributed by atoms with Gasteiger partial charge in [-0.25, -0.2) is 8.78 Å². The maximum Gasteiger partial charge on any atom is 0.334 e. The molecule has 0 bridgehead atoms. The molecule has 0 radical (unpaired) electrons.